The highest BCUT2D eigenvalue weighted by Crippen LogP contribution is 2.25. The largest absolute Gasteiger partial charge is 0.241 e. The predicted octanol–water partition coefficient (Wildman–Crippen LogP) is 4.00. The van der Waals surface area contributed by atoms with E-state index in [-0.39, 0.29) is 0 Å². The maximum absolute atomic E-state index is 12.5. The molecule has 0 unspecified atom stereocenters. The molecule has 0 aliphatic heterocycles. The zero-order valence-electron chi connectivity index (χ0n) is 12.2. The van der Waals surface area contributed by atoms with E-state index in [1.807, 2.05) is 31.2 Å². The van der Waals surface area contributed by atoms with Gasteiger partial charge in [-0.1, -0.05) is 47.5 Å². The normalized spacial score (nSPS) is 13.1. The lowest BCUT2D eigenvalue weighted by Crippen LogP contribution is -2.27. The summed E-state index contributed by atoms with van der Waals surface area (Å²) in [6, 6.07) is 12.1. The maximum Gasteiger partial charge on any atom is 0.241 e. The molecule has 5 heteroatoms. The number of sulfonamides is 1. The van der Waals surface area contributed by atoms with Gasteiger partial charge in [-0.25, -0.2) is 13.1 Å². The van der Waals surface area contributed by atoms with Gasteiger partial charge in [-0.05, 0) is 44.0 Å². The van der Waals surface area contributed by atoms with E-state index in [9.17, 15) is 8.42 Å². The molecule has 0 spiro atoms. The Balaban J connectivity index is 2.31. The van der Waals surface area contributed by atoms with Crippen molar-refractivity contribution in [3.05, 3.63) is 64.2 Å². The van der Waals surface area contributed by atoms with Crippen LogP contribution >= 0.6 is 11.6 Å². The molecule has 0 bridgehead atoms. The first kappa shape index (κ1) is 16.0. The number of rotatable bonds is 4. The first-order valence-corrected chi connectivity index (χ1v) is 8.51. The Hall–Kier alpha value is -1.36. The zero-order chi connectivity index (χ0) is 15.6. The predicted molar refractivity (Wildman–Crippen MR) is 86.1 cm³/mol. The summed E-state index contributed by atoms with van der Waals surface area (Å²) in [7, 11) is -3.58. The van der Waals surface area contributed by atoms with Gasteiger partial charge in [-0.2, -0.15) is 0 Å². The molecule has 0 heterocycles. The Kier molecular flexibility index (Phi) is 4.71. The van der Waals surface area contributed by atoms with Crippen LogP contribution in [0.2, 0.25) is 5.02 Å². The molecule has 0 aliphatic rings. The zero-order valence-corrected chi connectivity index (χ0v) is 13.8. The molecule has 0 aliphatic carbocycles. The van der Waals surface area contributed by atoms with Gasteiger partial charge in [-0.3, -0.25) is 0 Å². The highest BCUT2D eigenvalue weighted by molar-refractivity contribution is 7.89. The molecule has 2 aromatic rings. The van der Waals surface area contributed by atoms with E-state index in [2.05, 4.69) is 4.72 Å². The highest BCUT2D eigenvalue weighted by atomic mass is 35.5. The van der Waals surface area contributed by atoms with E-state index < -0.39 is 16.1 Å². The molecule has 0 fully saturated rings. The van der Waals surface area contributed by atoms with Crippen molar-refractivity contribution in [3.8, 4) is 0 Å². The maximum atomic E-state index is 12.5. The van der Waals surface area contributed by atoms with Crippen LogP contribution in [0.25, 0.3) is 0 Å². The van der Waals surface area contributed by atoms with Crippen molar-refractivity contribution >= 4 is 21.6 Å². The van der Waals surface area contributed by atoms with Crippen LogP contribution in [0, 0.1) is 13.8 Å². The Labute approximate surface area is 131 Å². The van der Waals surface area contributed by atoms with Gasteiger partial charge in [0.05, 0.1) is 4.90 Å². The third-order valence-electron chi connectivity index (χ3n) is 3.32. The fourth-order valence-electron chi connectivity index (χ4n) is 2.29. The second-order valence-corrected chi connectivity index (χ2v) is 7.22. The molecular formula is C16H18ClNO2S. The molecule has 0 aromatic heterocycles. The summed E-state index contributed by atoms with van der Waals surface area (Å²) < 4.78 is 27.7. The van der Waals surface area contributed by atoms with Crippen molar-refractivity contribution in [2.75, 3.05) is 0 Å². The third kappa shape index (κ3) is 3.64. The molecule has 1 atom stereocenters. The Bertz CT molecular complexity index is 757. The summed E-state index contributed by atoms with van der Waals surface area (Å²) in [4.78, 5) is 0.298. The third-order valence-corrected chi connectivity index (χ3v) is 5.37. The van der Waals surface area contributed by atoms with Crippen LogP contribution in [0.1, 0.15) is 29.7 Å². The number of aryl methyl sites for hydroxylation is 2. The van der Waals surface area contributed by atoms with Gasteiger partial charge < -0.3 is 0 Å². The highest BCUT2D eigenvalue weighted by Gasteiger charge is 2.21. The molecule has 0 radical (unpaired) electrons. The minimum atomic E-state index is -3.58. The molecule has 0 saturated heterocycles. The second-order valence-electron chi connectivity index (χ2n) is 5.13. The smallest absolute Gasteiger partial charge is 0.207 e. The van der Waals surface area contributed by atoms with Crippen molar-refractivity contribution in [1.29, 1.82) is 0 Å². The number of benzene rings is 2. The molecule has 0 amide bonds. The van der Waals surface area contributed by atoms with E-state index in [1.54, 1.807) is 32.0 Å². The lowest BCUT2D eigenvalue weighted by Gasteiger charge is -2.17. The number of hydrogen-bond acceptors (Lipinski definition) is 2. The van der Waals surface area contributed by atoms with Crippen molar-refractivity contribution < 1.29 is 8.42 Å². The minimum absolute atomic E-state index is 0.298. The first-order chi connectivity index (χ1) is 9.81. The summed E-state index contributed by atoms with van der Waals surface area (Å²) in [5.74, 6) is 0. The summed E-state index contributed by atoms with van der Waals surface area (Å²) in [5.41, 5.74) is 2.52. The Morgan fingerprint density at radius 1 is 1.10 bits per heavy atom. The topological polar surface area (TPSA) is 46.2 Å². The molecule has 1 N–H and O–H groups in total. The number of halogens is 1. The lowest BCUT2D eigenvalue weighted by molar-refractivity contribution is 0.566. The number of hydrogen-bond donors (Lipinski definition) is 1. The Morgan fingerprint density at radius 3 is 2.38 bits per heavy atom. The second kappa shape index (κ2) is 6.18. The van der Waals surface area contributed by atoms with Gasteiger partial charge >= 0.3 is 0 Å². The molecule has 2 rings (SSSR count). The van der Waals surface area contributed by atoms with Gasteiger partial charge in [0.2, 0.25) is 10.0 Å². The van der Waals surface area contributed by atoms with E-state index >= 15 is 0 Å². The molecule has 0 saturated carbocycles. The van der Waals surface area contributed by atoms with Crippen molar-refractivity contribution in [1.82, 2.24) is 4.72 Å². The quantitative estimate of drug-likeness (QED) is 0.924. The molecule has 3 nitrogen and oxygen atoms in total. The van der Waals surface area contributed by atoms with Crippen LogP contribution in [0.3, 0.4) is 0 Å². The van der Waals surface area contributed by atoms with Crippen molar-refractivity contribution in [3.63, 3.8) is 0 Å². The SMILES string of the molecule is Cc1ccc(S(=O)(=O)N[C@@H](C)c2ccccc2Cl)c(C)c1. The number of nitrogens with one attached hydrogen (secondary N) is 1. The summed E-state index contributed by atoms with van der Waals surface area (Å²) in [5, 5.41) is 0.549. The van der Waals surface area contributed by atoms with Crippen LogP contribution < -0.4 is 4.72 Å². The summed E-state index contributed by atoms with van der Waals surface area (Å²) in [6.07, 6.45) is 0. The fourth-order valence-corrected chi connectivity index (χ4v) is 4.04. The van der Waals surface area contributed by atoms with Crippen LogP contribution in [0.5, 0.6) is 0 Å². The minimum Gasteiger partial charge on any atom is -0.207 e. The van der Waals surface area contributed by atoms with Crippen LogP contribution in [0.4, 0.5) is 0 Å². The average Bonchev–Trinajstić information content (AvgIpc) is 2.37. The van der Waals surface area contributed by atoms with E-state index in [0.29, 0.717) is 9.92 Å². The van der Waals surface area contributed by atoms with E-state index in [0.717, 1.165) is 16.7 Å². The summed E-state index contributed by atoms with van der Waals surface area (Å²) in [6.45, 7) is 5.51. The van der Waals surface area contributed by atoms with Gasteiger partial charge in [-0.15, -0.1) is 0 Å². The first-order valence-electron chi connectivity index (χ1n) is 6.65. The Morgan fingerprint density at radius 2 is 1.76 bits per heavy atom. The van der Waals surface area contributed by atoms with Crippen LogP contribution in [0.15, 0.2) is 47.4 Å². The van der Waals surface area contributed by atoms with Gasteiger partial charge in [0.15, 0.2) is 0 Å². The molecule has 21 heavy (non-hydrogen) atoms. The molecular weight excluding hydrogens is 306 g/mol. The van der Waals surface area contributed by atoms with Gasteiger partial charge in [0.1, 0.15) is 0 Å². The lowest BCUT2D eigenvalue weighted by atomic mass is 10.1. The standard InChI is InChI=1S/C16H18ClNO2S/c1-11-8-9-16(12(2)10-11)21(19,20)18-13(3)14-6-4-5-7-15(14)17/h4-10,13,18H,1-3H3/t13-/m0/s1. The van der Waals surface area contributed by atoms with Crippen molar-refractivity contribution in [2.24, 2.45) is 0 Å². The van der Waals surface area contributed by atoms with E-state index in [4.69, 9.17) is 11.6 Å². The molecule has 112 valence electrons. The van der Waals surface area contributed by atoms with Crippen LogP contribution in [-0.4, -0.2) is 8.42 Å². The average molecular weight is 324 g/mol. The van der Waals surface area contributed by atoms with Crippen molar-refractivity contribution in [2.45, 2.75) is 31.7 Å². The van der Waals surface area contributed by atoms with Crippen LogP contribution in [-0.2, 0) is 10.0 Å². The van der Waals surface area contributed by atoms with Gasteiger partial charge in [0, 0.05) is 11.1 Å². The van der Waals surface area contributed by atoms with Gasteiger partial charge in [0.25, 0.3) is 0 Å². The fraction of sp³-hybridized carbons (Fsp3) is 0.250. The summed E-state index contributed by atoms with van der Waals surface area (Å²) >= 11 is 6.11. The van der Waals surface area contributed by atoms with E-state index in [1.165, 1.54) is 0 Å². The molecule has 2 aromatic carbocycles. The monoisotopic (exact) mass is 323 g/mol.